The number of para-hydroxylation sites is 2. The summed E-state index contributed by atoms with van der Waals surface area (Å²) in [5, 5.41) is 4.81. The molecular weight excluding hydrogens is 695 g/mol. The zero-order valence-electron chi connectivity index (χ0n) is 30.9. The molecule has 0 saturated carbocycles. The standard InChI is InChI=1S/C52H35N5/c1-3-11-36(12-4-1)38-31-39(37-13-5-2-6-14-37)33-44(32-38)55(40-19-23-42(24-20-40)56-49-17-9-7-15-45(49)47-27-29-53-34-51(47)56)41-21-25-43(26-22-41)57-50-18-10-8-16-46(50)48-28-30-54-35-52(48)57/h1-35H. The predicted molar refractivity (Wildman–Crippen MR) is 236 cm³/mol. The lowest BCUT2D eigenvalue weighted by Crippen LogP contribution is -2.11. The number of nitrogens with zero attached hydrogens (tertiary/aromatic N) is 5. The molecule has 0 radical (unpaired) electrons. The Hall–Kier alpha value is -7.76. The van der Waals surface area contributed by atoms with Crippen molar-refractivity contribution in [2.75, 3.05) is 4.90 Å². The van der Waals surface area contributed by atoms with Crippen LogP contribution in [-0.4, -0.2) is 19.1 Å². The van der Waals surface area contributed by atoms with Crippen LogP contribution in [0.5, 0.6) is 0 Å². The summed E-state index contributed by atoms with van der Waals surface area (Å²) in [7, 11) is 0. The molecule has 5 nitrogen and oxygen atoms in total. The monoisotopic (exact) mass is 729 g/mol. The van der Waals surface area contributed by atoms with Gasteiger partial charge in [-0.2, -0.15) is 0 Å². The molecule has 0 aliphatic rings. The first-order valence-electron chi connectivity index (χ1n) is 19.2. The van der Waals surface area contributed by atoms with E-state index < -0.39 is 0 Å². The van der Waals surface area contributed by atoms with E-state index in [-0.39, 0.29) is 0 Å². The minimum absolute atomic E-state index is 1.05. The van der Waals surface area contributed by atoms with Crippen LogP contribution in [0.2, 0.25) is 0 Å². The largest absolute Gasteiger partial charge is 0.310 e. The van der Waals surface area contributed by atoms with Crippen LogP contribution in [-0.2, 0) is 0 Å². The van der Waals surface area contributed by atoms with Crippen molar-refractivity contribution < 1.29 is 0 Å². The minimum atomic E-state index is 1.05. The van der Waals surface area contributed by atoms with E-state index >= 15 is 0 Å². The zero-order chi connectivity index (χ0) is 37.7. The highest BCUT2D eigenvalue weighted by Gasteiger charge is 2.19. The van der Waals surface area contributed by atoms with Crippen molar-refractivity contribution in [3.63, 3.8) is 0 Å². The van der Waals surface area contributed by atoms with Crippen molar-refractivity contribution in [1.29, 1.82) is 0 Å². The van der Waals surface area contributed by atoms with Crippen LogP contribution in [0, 0.1) is 0 Å². The molecule has 57 heavy (non-hydrogen) atoms. The SMILES string of the molecule is c1ccc(-c2cc(-c3ccccc3)cc(N(c3ccc(-n4c5ccccc5c5ccncc54)cc3)c3ccc(-n4c5ccccc5c5ccncc54)cc3)c2)cc1. The van der Waals surface area contributed by atoms with Crippen LogP contribution >= 0.6 is 0 Å². The summed E-state index contributed by atoms with van der Waals surface area (Å²) >= 11 is 0. The number of benzene rings is 7. The molecule has 11 rings (SSSR count). The van der Waals surface area contributed by atoms with Crippen molar-refractivity contribution in [3.8, 4) is 33.6 Å². The van der Waals surface area contributed by atoms with Gasteiger partial charge in [0, 0.05) is 62.4 Å². The normalized spacial score (nSPS) is 11.5. The van der Waals surface area contributed by atoms with Gasteiger partial charge in [0.2, 0.25) is 0 Å². The fraction of sp³-hybridized carbons (Fsp3) is 0. The van der Waals surface area contributed by atoms with Crippen LogP contribution in [0.1, 0.15) is 0 Å². The van der Waals surface area contributed by atoms with Crippen LogP contribution < -0.4 is 4.90 Å². The van der Waals surface area contributed by atoms with Crippen LogP contribution in [0.15, 0.2) is 213 Å². The Balaban J connectivity index is 1.10. The second-order valence-corrected chi connectivity index (χ2v) is 14.4. The minimum Gasteiger partial charge on any atom is -0.310 e. The second kappa shape index (κ2) is 13.5. The number of hydrogen-bond donors (Lipinski definition) is 0. The summed E-state index contributed by atoms with van der Waals surface area (Å²) in [5.74, 6) is 0. The van der Waals surface area contributed by atoms with Gasteiger partial charge in [-0.15, -0.1) is 0 Å². The van der Waals surface area contributed by atoms with Crippen molar-refractivity contribution in [1.82, 2.24) is 19.1 Å². The van der Waals surface area contributed by atoms with Gasteiger partial charge in [0.25, 0.3) is 0 Å². The first kappa shape index (κ1) is 32.7. The highest BCUT2D eigenvalue weighted by Crippen LogP contribution is 2.41. The number of anilines is 3. The van der Waals surface area contributed by atoms with Crippen molar-refractivity contribution in [3.05, 3.63) is 213 Å². The third-order valence-corrected chi connectivity index (χ3v) is 11.1. The Morgan fingerprint density at radius 3 is 1.18 bits per heavy atom. The van der Waals surface area contributed by atoms with Gasteiger partial charge in [0.15, 0.2) is 0 Å². The maximum Gasteiger partial charge on any atom is 0.0724 e. The van der Waals surface area contributed by atoms with Crippen molar-refractivity contribution in [2.45, 2.75) is 0 Å². The summed E-state index contributed by atoms with van der Waals surface area (Å²) in [5.41, 5.74) is 14.5. The first-order valence-corrected chi connectivity index (χ1v) is 19.2. The third-order valence-electron chi connectivity index (χ3n) is 11.1. The molecular formula is C52H35N5. The molecule has 0 aliphatic heterocycles. The van der Waals surface area contributed by atoms with Crippen LogP contribution in [0.4, 0.5) is 17.1 Å². The first-order chi connectivity index (χ1) is 28.3. The zero-order valence-corrected chi connectivity index (χ0v) is 30.9. The summed E-state index contributed by atoms with van der Waals surface area (Å²) in [6.45, 7) is 0. The van der Waals surface area contributed by atoms with E-state index in [9.17, 15) is 0 Å². The lowest BCUT2D eigenvalue weighted by atomic mass is 9.97. The molecule has 11 aromatic rings. The summed E-state index contributed by atoms with van der Waals surface area (Å²) in [6.07, 6.45) is 7.67. The molecule has 0 N–H and O–H groups in total. The average Bonchev–Trinajstić information content (AvgIpc) is 3.81. The fourth-order valence-electron chi connectivity index (χ4n) is 8.48. The third kappa shape index (κ3) is 5.56. The summed E-state index contributed by atoms with van der Waals surface area (Å²) < 4.78 is 4.62. The maximum absolute atomic E-state index is 4.51. The molecule has 0 atom stereocenters. The lowest BCUT2D eigenvalue weighted by Gasteiger charge is -2.27. The van der Waals surface area contributed by atoms with E-state index in [1.165, 1.54) is 32.7 Å². The highest BCUT2D eigenvalue weighted by molar-refractivity contribution is 6.10. The number of hydrogen-bond acceptors (Lipinski definition) is 3. The van der Waals surface area contributed by atoms with E-state index in [2.05, 4.69) is 212 Å². The Kier molecular flexibility index (Phi) is 7.74. The number of aromatic nitrogens is 4. The highest BCUT2D eigenvalue weighted by atomic mass is 15.1. The van der Waals surface area contributed by atoms with Crippen LogP contribution in [0.25, 0.3) is 77.2 Å². The molecule has 4 aromatic heterocycles. The Bertz CT molecular complexity index is 2900. The number of rotatable bonds is 7. The molecule has 0 bridgehead atoms. The van der Waals surface area contributed by atoms with Gasteiger partial charge in [-0.25, -0.2) is 0 Å². The van der Waals surface area contributed by atoms with E-state index in [1.54, 1.807) is 0 Å². The molecule has 268 valence electrons. The molecule has 0 aliphatic carbocycles. The second-order valence-electron chi connectivity index (χ2n) is 14.4. The molecule has 0 spiro atoms. The van der Waals surface area contributed by atoms with Gasteiger partial charge >= 0.3 is 0 Å². The molecule has 5 heteroatoms. The average molecular weight is 730 g/mol. The quantitative estimate of drug-likeness (QED) is 0.164. The van der Waals surface area contributed by atoms with Crippen molar-refractivity contribution >= 4 is 60.7 Å². The Morgan fingerprint density at radius 1 is 0.316 bits per heavy atom. The molecule has 0 fully saturated rings. The molecule has 0 saturated heterocycles. The smallest absolute Gasteiger partial charge is 0.0724 e. The van der Waals surface area contributed by atoms with Gasteiger partial charge in [0.1, 0.15) is 0 Å². The number of fused-ring (bicyclic) bond motifs is 6. The Morgan fingerprint density at radius 2 is 0.719 bits per heavy atom. The van der Waals surface area contributed by atoms with Crippen molar-refractivity contribution in [2.24, 2.45) is 0 Å². The fourth-order valence-corrected chi connectivity index (χ4v) is 8.48. The molecule has 0 unspecified atom stereocenters. The van der Waals surface area contributed by atoms with Gasteiger partial charge in [-0.05, 0) is 113 Å². The summed E-state index contributed by atoms with van der Waals surface area (Å²) in [6, 6.07) is 67.4. The van der Waals surface area contributed by atoms with Gasteiger partial charge in [-0.3, -0.25) is 9.97 Å². The van der Waals surface area contributed by atoms with Gasteiger partial charge in [0.05, 0.1) is 34.5 Å². The van der Waals surface area contributed by atoms with Crippen LogP contribution in [0.3, 0.4) is 0 Å². The number of pyridine rings is 2. The molecule has 7 aromatic carbocycles. The van der Waals surface area contributed by atoms with E-state index in [0.29, 0.717) is 0 Å². The summed E-state index contributed by atoms with van der Waals surface area (Å²) in [4.78, 5) is 11.4. The lowest BCUT2D eigenvalue weighted by molar-refractivity contribution is 1.15. The molecule has 4 heterocycles. The molecule has 0 amide bonds. The topological polar surface area (TPSA) is 38.9 Å². The van der Waals surface area contributed by atoms with E-state index in [4.69, 9.17) is 0 Å². The Labute approximate surface area is 330 Å². The predicted octanol–water partition coefficient (Wildman–Crippen LogP) is 13.5. The van der Waals surface area contributed by atoms with E-state index in [1.807, 2.05) is 24.8 Å². The van der Waals surface area contributed by atoms with Gasteiger partial charge < -0.3 is 14.0 Å². The van der Waals surface area contributed by atoms with E-state index in [0.717, 1.165) is 61.6 Å². The van der Waals surface area contributed by atoms with Gasteiger partial charge in [-0.1, -0.05) is 97.1 Å². The maximum atomic E-state index is 4.51.